The predicted octanol–water partition coefficient (Wildman–Crippen LogP) is 3.94. The molecule has 0 aliphatic carbocycles. The molecule has 32 heavy (non-hydrogen) atoms. The van der Waals surface area contributed by atoms with Crippen LogP contribution in [0.1, 0.15) is 17.7 Å². The van der Waals surface area contributed by atoms with Gasteiger partial charge in [-0.15, -0.1) is 0 Å². The van der Waals surface area contributed by atoms with Gasteiger partial charge in [0.1, 0.15) is 11.5 Å². The molecular weight excluding hydrogens is 421 g/mol. The highest BCUT2D eigenvalue weighted by Crippen LogP contribution is 2.30. The van der Waals surface area contributed by atoms with Crippen LogP contribution in [0.25, 0.3) is 11.1 Å². The third kappa shape index (κ3) is 5.13. The average molecular weight is 442 g/mol. The van der Waals surface area contributed by atoms with E-state index in [4.69, 9.17) is 0 Å². The van der Waals surface area contributed by atoms with Crippen molar-refractivity contribution in [2.24, 2.45) is 0 Å². The van der Waals surface area contributed by atoms with Crippen molar-refractivity contribution in [3.8, 4) is 11.1 Å². The molecule has 0 spiro atoms. The van der Waals surface area contributed by atoms with Crippen LogP contribution in [-0.4, -0.2) is 40.5 Å². The highest BCUT2D eigenvalue weighted by molar-refractivity contribution is 5.77. The van der Waals surface area contributed by atoms with E-state index in [2.05, 4.69) is 25.6 Å². The van der Waals surface area contributed by atoms with E-state index in [9.17, 15) is 18.0 Å². The number of benzene rings is 1. The topological polar surface area (TPSA) is 83.0 Å². The molecular formula is C22H21F3N6O. The first-order chi connectivity index (χ1) is 15.3. The van der Waals surface area contributed by atoms with Crippen LogP contribution in [0.3, 0.4) is 0 Å². The van der Waals surface area contributed by atoms with E-state index in [1.165, 1.54) is 0 Å². The number of carbonyl (C=O) groups excluding carboxylic acids is 1. The van der Waals surface area contributed by atoms with Gasteiger partial charge in [-0.2, -0.15) is 13.2 Å². The van der Waals surface area contributed by atoms with Gasteiger partial charge in [-0.3, -0.25) is 4.79 Å². The fraction of sp³-hybridized carbons (Fsp3) is 0.273. The molecule has 1 aromatic carbocycles. The minimum atomic E-state index is -4.54. The van der Waals surface area contributed by atoms with Crippen molar-refractivity contribution in [2.45, 2.75) is 19.5 Å². The summed E-state index contributed by atoms with van der Waals surface area (Å²) in [5, 5.41) is 5.71. The van der Waals surface area contributed by atoms with Crippen molar-refractivity contribution in [3.63, 3.8) is 0 Å². The number of pyridine rings is 1. The third-order valence-corrected chi connectivity index (χ3v) is 5.00. The first-order valence-corrected chi connectivity index (χ1v) is 10.0. The van der Waals surface area contributed by atoms with E-state index < -0.39 is 11.9 Å². The van der Waals surface area contributed by atoms with Crippen LogP contribution >= 0.6 is 0 Å². The SMILES string of the molecule is Cc1cc(Nc2nccc(C(F)(F)F)n2)cc(-c2ccnc(N3CCNC(=O)CC3)c2)c1. The molecule has 2 aromatic heterocycles. The van der Waals surface area contributed by atoms with Crippen molar-refractivity contribution in [1.82, 2.24) is 20.3 Å². The number of halogens is 3. The van der Waals surface area contributed by atoms with Crippen molar-refractivity contribution < 1.29 is 18.0 Å². The van der Waals surface area contributed by atoms with Gasteiger partial charge in [0.25, 0.3) is 0 Å². The molecule has 0 radical (unpaired) electrons. The van der Waals surface area contributed by atoms with Gasteiger partial charge in [0.2, 0.25) is 11.9 Å². The van der Waals surface area contributed by atoms with Crippen LogP contribution in [0, 0.1) is 6.92 Å². The lowest BCUT2D eigenvalue weighted by Gasteiger charge is -2.21. The van der Waals surface area contributed by atoms with E-state index in [-0.39, 0.29) is 11.9 Å². The minimum absolute atomic E-state index is 0.0230. The zero-order chi connectivity index (χ0) is 22.7. The number of hydrogen-bond donors (Lipinski definition) is 2. The number of carbonyl (C=O) groups is 1. The molecule has 1 fully saturated rings. The van der Waals surface area contributed by atoms with Crippen LogP contribution in [0.5, 0.6) is 0 Å². The van der Waals surface area contributed by atoms with Gasteiger partial charge in [-0.05, 0) is 53.9 Å². The molecule has 166 valence electrons. The molecule has 1 amide bonds. The number of anilines is 3. The van der Waals surface area contributed by atoms with E-state index in [1.807, 2.05) is 36.1 Å². The number of nitrogens with zero attached hydrogens (tertiary/aromatic N) is 4. The zero-order valence-corrected chi connectivity index (χ0v) is 17.3. The lowest BCUT2D eigenvalue weighted by molar-refractivity contribution is -0.141. The van der Waals surface area contributed by atoms with Crippen LogP contribution in [0.4, 0.5) is 30.6 Å². The standard InChI is InChI=1S/C22H21F3N6O/c1-14-10-16(12-17(11-14)29-21-28-6-3-18(30-21)22(23,24)25)15-2-5-26-19(13-15)31-8-4-20(32)27-7-9-31/h2-3,5-6,10-13H,4,7-9H2,1H3,(H,27,32)(H,28,29,30). The Morgan fingerprint density at radius 2 is 1.84 bits per heavy atom. The predicted molar refractivity (Wildman–Crippen MR) is 115 cm³/mol. The van der Waals surface area contributed by atoms with Gasteiger partial charge in [-0.25, -0.2) is 15.0 Å². The summed E-state index contributed by atoms with van der Waals surface area (Å²) in [6.45, 7) is 3.70. The van der Waals surface area contributed by atoms with Gasteiger partial charge in [-0.1, -0.05) is 6.07 Å². The first kappa shape index (κ1) is 21.5. The first-order valence-electron chi connectivity index (χ1n) is 10.0. The van der Waals surface area contributed by atoms with E-state index >= 15 is 0 Å². The molecule has 1 aliphatic rings. The smallest absolute Gasteiger partial charge is 0.354 e. The van der Waals surface area contributed by atoms with Crippen molar-refractivity contribution in [2.75, 3.05) is 29.9 Å². The number of alkyl halides is 3. The molecule has 7 nitrogen and oxygen atoms in total. The molecule has 2 N–H and O–H groups in total. The van der Waals surface area contributed by atoms with Gasteiger partial charge in [0.05, 0.1) is 0 Å². The second kappa shape index (κ2) is 8.81. The van der Waals surface area contributed by atoms with Crippen molar-refractivity contribution >= 4 is 23.4 Å². The molecule has 0 bridgehead atoms. The maximum Gasteiger partial charge on any atom is 0.433 e. The molecule has 10 heteroatoms. The zero-order valence-electron chi connectivity index (χ0n) is 17.3. The summed E-state index contributed by atoms with van der Waals surface area (Å²) in [5.41, 5.74) is 2.25. The molecule has 0 saturated carbocycles. The number of rotatable bonds is 4. The molecule has 1 saturated heterocycles. The second-order valence-electron chi connectivity index (χ2n) is 7.47. The van der Waals surface area contributed by atoms with Gasteiger partial charge < -0.3 is 15.5 Å². The number of nitrogens with one attached hydrogen (secondary N) is 2. The Bertz CT molecular complexity index is 1130. The highest BCUT2D eigenvalue weighted by atomic mass is 19.4. The average Bonchev–Trinajstić information content (AvgIpc) is 2.97. The fourth-order valence-electron chi connectivity index (χ4n) is 3.49. The summed E-state index contributed by atoms with van der Waals surface area (Å²) in [7, 11) is 0. The Hall–Kier alpha value is -3.69. The van der Waals surface area contributed by atoms with E-state index in [0.717, 1.165) is 34.8 Å². The lowest BCUT2D eigenvalue weighted by Crippen LogP contribution is -2.28. The number of amides is 1. The summed E-state index contributed by atoms with van der Waals surface area (Å²) in [5.74, 6) is 0.652. The van der Waals surface area contributed by atoms with Crippen molar-refractivity contribution in [1.29, 1.82) is 0 Å². The summed E-state index contributed by atoms with van der Waals surface area (Å²) in [6.07, 6.45) is -1.36. The second-order valence-corrected chi connectivity index (χ2v) is 7.47. The maximum atomic E-state index is 12.9. The largest absolute Gasteiger partial charge is 0.433 e. The molecule has 4 rings (SSSR count). The Balaban J connectivity index is 1.60. The number of aryl methyl sites for hydroxylation is 1. The van der Waals surface area contributed by atoms with E-state index in [0.29, 0.717) is 31.7 Å². The Kier molecular flexibility index (Phi) is 5.93. The summed E-state index contributed by atoms with van der Waals surface area (Å²) in [4.78, 5) is 25.6. The molecule has 3 heterocycles. The number of aromatic nitrogens is 3. The Morgan fingerprint density at radius 1 is 1.03 bits per heavy atom. The fourth-order valence-corrected chi connectivity index (χ4v) is 3.49. The van der Waals surface area contributed by atoms with Crippen molar-refractivity contribution in [3.05, 3.63) is 60.0 Å². The summed E-state index contributed by atoms with van der Waals surface area (Å²) < 4.78 is 38.8. The lowest BCUT2D eigenvalue weighted by atomic mass is 10.0. The summed E-state index contributed by atoms with van der Waals surface area (Å²) in [6, 6.07) is 10.2. The molecule has 1 aliphatic heterocycles. The van der Waals surface area contributed by atoms with Crippen LogP contribution in [-0.2, 0) is 11.0 Å². The number of hydrogen-bond acceptors (Lipinski definition) is 6. The van der Waals surface area contributed by atoms with Gasteiger partial charge >= 0.3 is 6.18 Å². The van der Waals surface area contributed by atoms with E-state index in [1.54, 1.807) is 12.3 Å². The Labute approximate surface area is 182 Å². The summed E-state index contributed by atoms with van der Waals surface area (Å²) >= 11 is 0. The molecule has 0 unspecified atom stereocenters. The van der Waals surface area contributed by atoms with Gasteiger partial charge in [0, 0.05) is 44.1 Å². The molecule has 0 atom stereocenters. The quantitative estimate of drug-likeness (QED) is 0.637. The third-order valence-electron chi connectivity index (χ3n) is 5.00. The maximum absolute atomic E-state index is 12.9. The minimum Gasteiger partial charge on any atom is -0.354 e. The van der Waals surface area contributed by atoms with Gasteiger partial charge in [0.15, 0.2) is 0 Å². The van der Waals surface area contributed by atoms with Crippen LogP contribution in [0.2, 0.25) is 0 Å². The Morgan fingerprint density at radius 3 is 2.66 bits per heavy atom. The highest BCUT2D eigenvalue weighted by Gasteiger charge is 2.32. The monoisotopic (exact) mass is 442 g/mol. The van der Waals surface area contributed by atoms with Crippen LogP contribution in [0.15, 0.2) is 48.8 Å². The molecule has 3 aromatic rings. The normalized spacial score (nSPS) is 14.6. The van der Waals surface area contributed by atoms with Crippen LogP contribution < -0.4 is 15.5 Å².